The zero-order valence-corrected chi connectivity index (χ0v) is 20.8. The summed E-state index contributed by atoms with van der Waals surface area (Å²) in [4.78, 5) is 19.9. The first kappa shape index (κ1) is 23.2. The summed E-state index contributed by atoms with van der Waals surface area (Å²) in [7, 11) is 1.66. The minimum atomic E-state index is -0.0458. The summed E-state index contributed by atoms with van der Waals surface area (Å²) in [5.41, 5.74) is 5.27. The van der Waals surface area contributed by atoms with Crippen molar-refractivity contribution in [1.82, 2.24) is 14.6 Å². The fourth-order valence-electron chi connectivity index (χ4n) is 4.56. The summed E-state index contributed by atoms with van der Waals surface area (Å²) in [5, 5.41) is 8.58. The molecule has 180 valence electrons. The maximum Gasteiger partial charge on any atom is 0.227 e. The van der Waals surface area contributed by atoms with E-state index in [1.807, 2.05) is 66.9 Å². The van der Waals surface area contributed by atoms with Crippen molar-refractivity contribution in [2.75, 3.05) is 30.4 Å². The van der Waals surface area contributed by atoms with Gasteiger partial charge in [-0.1, -0.05) is 17.7 Å². The van der Waals surface area contributed by atoms with Crippen molar-refractivity contribution >= 4 is 34.7 Å². The average molecular weight is 490 g/mol. The van der Waals surface area contributed by atoms with E-state index in [0.717, 1.165) is 71.3 Å². The Kier molecular flexibility index (Phi) is 6.34. The Morgan fingerprint density at radius 1 is 1.09 bits per heavy atom. The molecule has 7 nitrogen and oxygen atoms in total. The van der Waals surface area contributed by atoms with Gasteiger partial charge in [0.2, 0.25) is 5.91 Å². The Labute approximate surface area is 209 Å². The molecule has 1 amide bonds. The van der Waals surface area contributed by atoms with Crippen molar-refractivity contribution in [3.05, 3.63) is 70.9 Å². The summed E-state index contributed by atoms with van der Waals surface area (Å²) < 4.78 is 7.17. The highest BCUT2D eigenvalue weighted by molar-refractivity contribution is 6.31. The van der Waals surface area contributed by atoms with Gasteiger partial charge in [-0.15, -0.1) is 0 Å². The number of aryl methyl sites for hydroxylation is 1. The number of ether oxygens (including phenoxy) is 1. The highest BCUT2D eigenvalue weighted by Gasteiger charge is 2.27. The summed E-state index contributed by atoms with van der Waals surface area (Å²) >= 11 is 6.21. The van der Waals surface area contributed by atoms with Gasteiger partial charge in [0.25, 0.3) is 0 Å². The van der Waals surface area contributed by atoms with Crippen molar-refractivity contribution in [3.63, 3.8) is 0 Å². The van der Waals surface area contributed by atoms with E-state index in [4.69, 9.17) is 26.4 Å². The maximum atomic E-state index is 12.9. The van der Waals surface area contributed by atoms with Crippen LogP contribution >= 0.6 is 11.6 Å². The van der Waals surface area contributed by atoms with Gasteiger partial charge in [0.05, 0.1) is 12.8 Å². The molecule has 1 aliphatic heterocycles. The van der Waals surface area contributed by atoms with Gasteiger partial charge in [-0.05, 0) is 68.7 Å². The number of nitrogens with zero attached hydrogens (tertiary/aromatic N) is 4. The number of hydrogen-bond acceptors (Lipinski definition) is 5. The van der Waals surface area contributed by atoms with Crippen LogP contribution in [0.15, 0.2) is 54.6 Å². The number of hydrogen-bond donors (Lipinski definition) is 1. The van der Waals surface area contributed by atoms with Crippen LogP contribution < -0.4 is 15.0 Å². The first-order valence-electron chi connectivity index (χ1n) is 11.8. The standard InChI is InChI=1S/C27H28ClN5O2/c1-17-15-26(33-25(29-17)16-24(31-33)19-7-9-21(35-3)10-8-19)32-13-11-20(12-14-32)27(34)30-23-6-4-5-22(28)18(23)2/h4-10,15-16,20H,11-14H2,1-3H3,(H,30,34). The first-order chi connectivity index (χ1) is 16.9. The lowest BCUT2D eigenvalue weighted by Crippen LogP contribution is -2.39. The number of aromatic nitrogens is 3. The number of carbonyl (C=O) groups is 1. The van der Waals surface area contributed by atoms with Gasteiger partial charge in [0.1, 0.15) is 11.6 Å². The lowest BCUT2D eigenvalue weighted by atomic mass is 9.95. The minimum Gasteiger partial charge on any atom is -0.497 e. The Balaban J connectivity index is 1.33. The van der Waals surface area contributed by atoms with Gasteiger partial charge < -0.3 is 15.0 Å². The second kappa shape index (κ2) is 9.58. The number of nitrogens with one attached hydrogen (secondary N) is 1. The minimum absolute atomic E-state index is 0.0458. The molecule has 1 fully saturated rings. The molecule has 0 bridgehead atoms. The number of piperidine rings is 1. The van der Waals surface area contributed by atoms with E-state index < -0.39 is 0 Å². The lowest BCUT2D eigenvalue weighted by molar-refractivity contribution is -0.120. The first-order valence-corrected chi connectivity index (χ1v) is 12.1. The Morgan fingerprint density at radius 2 is 1.83 bits per heavy atom. The van der Waals surface area contributed by atoms with E-state index in [-0.39, 0.29) is 11.8 Å². The van der Waals surface area contributed by atoms with Crippen LogP contribution in [0.4, 0.5) is 11.5 Å². The molecular weight excluding hydrogens is 462 g/mol. The molecule has 4 aromatic rings. The number of halogens is 1. The third-order valence-corrected chi connectivity index (χ3v) is 7.05. The molecule has 0 aliphatic carbocycles. The van der Waals surface area contributed by atoms with Crippen molar-refractivity contribution in [3.8, 4) is 17.0 Å². The molecule has 0 radical (unpaired) electrons. The molecule has 5 rings (SSSR count). The highest BCUT2D eigenvalue weighted by Crippen LogP contribution is 2.29. The van der Waals surface area contributed by atoms with E-state index in [1.54, 1.807) is 7.11 Å². The topological polar surface area (TPSA) is 71.8 Å². The largest absolute Gasteiger partial charge is 0.497 e. The number of rotatable bonds is 5. The molecule has 0 atom stereocenters. The smallest absolute Gasteiger partial charge is 0.227 e. The van der Waals surface area contributed by atoms with E-state index in [9.17, 15) is 4.79 Å². The monoisotopic (exact) mass is 489 g/mol. The van der Waals surface area contributed by atoms with Gasteiger partial charge in [0.15, 0.2) is 5.65 Å². The number of fused-ring (bicyclic) bond motifs is 1. The molecule has 0 spiro atoms. The van der Waals surface area contributed by atoms with Crippen LogP contribution in [-0.2, 0) is 4.79 Å². The van der Waals surface area contributed by atoms with Gasteiger partial charge in [0, 0.05) is 53.1 Å². The van der Waals surface area contributed by atoms with Crippen LogP contribution in [0.5, 0.6) is 5.75 Å². The quantitative estimate of drug-likeness (QED) is 0.399. The van der Waals surface area contributed by atoms with E-state index in [0.29, 0.717) is 5.02 Å². The normalized spacial score (nSPS) is 14.3. The molecule has 35 heavy (non-hydrogen) atoms. The summed E-state index contributed by atoms with van der Waals surface area (Å²) in [6.07, 6.45) is 1.53. The molecule has 1 aliphatic rings. The molecule has 3 heterocycles. The summed E-state index contributed by atoms with van der Waals surface area (Å²) in [5.74, 6) is 1.81. The number of benzene rings is 2. The van der Waals surface area contributed by atoms with Gasteiger partial charge in [-0.2, -0.15) is 9.61 Å². The van der Waals surface area contributed by atoms with Crippen molar-refractivity contribution in [1.29, 1.82) is 0 Å². The fraction of sp³-hybridized carbons (Fsp3) is 0.296. The lowest BCUT2D eigenvalue weighted by Gasteiger charge is -2.33. The molecule has 0 unspecified atom stereocenters. The summed E-state index contributed by atoms with van der Waals surface area (Å²) in [6.45, 7) is 5.45. The average Bonchev–Trinajstić information content (AvgIpc) is 3.30. The van der Waals surface area contributed by atoms with Crippen LogP contribution in [0.25, 0.3) is 16.9 Å². The zero-order chi connectivity index (χ0) is 24.5. The molecule has 2 aromatic carbocycles. The number of amides is 1. The SMILES string of the molecule is COc1ccc(-c2cc3nc(C)cc(N4CCC(C(=O)Nc5cccc(Cl)c5C)CC4)n3n2)cc1. The Hall–Kier alpha value is -3.58. The molecule has 1 saturated heterocycles. The number of methoxy groups -OCH3 is 1. The van der Waals surface area contributed by atoms with Crippen molar-refractivity contribution in [2.24, 2.45) is 5.92 Å². The molecule has 1 N–H and O–H groups in total. The third-order valence-electron chi connectivity index (χ3n) is 6.64. The van der Waals surface area contributed by atoms with E-state index in [2.05, 4.69) is 16.3 Å². The van der Waals surface area contributed by atoms with E-state index >= 15 is 0 Å². The van der Waals surface area contributed by atoms with Crippen LogP contribution in [0, 0.1) is 19.8 Å². The predicted molar refractivity (Wildman–Crippen MR) is 139 cm³/mol. The predicted octanol–water partition coefficient (Wildman–Crippen LogP) is 5.53. The van der Waals surface area contributed by atoms with Crippen LogP contribution in [0.3, 0.4) is 0 Å². The van der Waals surface area contributed by atoms with Gasteiger partial charge >= 0.3 is 0 Å². The zero-order valence-electron chi connectivity index (χ0n) is 20.1. The number of anilines is 2. The van der Waals surface area contributed by atoms with Crippen molar-refractivity contribution < 1.29 is 9.53 Å². The summed E-state index contributed by atoms with van der Waals surface area (Å²) in [6, 6.07) is 17.5. The Morgan fingerprint density at radius 3 is 2.54 bits per heavy atom. The van der Waals surface area contributed by atoms with E-state index in [1.165, 1.54) is 0 Å². The van der Waals surface area contributed by atoms with Crippen LogP contribution in [0.2, 0.25) is 5.02 Å². The number of carbonyl (C=O) groups excluding carboxylic acids is 1. The van der Waals surface area contributed by atoms with Gasteiger partial charge in [-0.25, -0.2) is 4.98 Å². The molecule has 0 saturated carbocycles. The van der Waals surface area contributed by atoms with Crippen LogP contribution in [0.1, 0.15) is 24.1 Å². The molecule has 2 aromatic heterocycles. The van der Waals surface area contributed by atoms with Crippen molar-refractivity contribution in [2.45, 2.75) is 26.7 Å². The fourth-order valence-corrected chi connectivity index (χ4v) is 4.73. The third kappa shape index (κ3) is 4.68. The second-order valence-corrected chi connectivity index (χ2v) is 9.35. The molecular formula is C27H28ClN5O2. The molecule has 8 heteroatoms. The highest BCUT2D eigenvalue weighted by atomic mass is 35.5. The van der Waals surface area contributed by atoms with Gasteiger partial charge in [-0.3, -0.25) is 4.79 Å². The van der Waals surface area contributed by atoms with Crippen LogP contribution in [-0.4, -0.2) is 40.7 Å². The maximum absolute atomic E-state index is 12.9. The second-order valence-electron chi connectivity index (χ2n) is 8.95. The Bertz CT molecular complexity index is 1370.